The molecule has 306 valence electrons. The lowest BCUT2D eigenvalue weighted by Crippen LogP contribution is -2.55. The maximum absolute atomic E-state index is 14.4. The summed E-state index contributed by atoms with van der Waals surface area (Å²) in [6.07, 6.45) is 2.70. The molecule has 0 bridgehead atoms. The van der Waals surface area contributed by atoms with E-state index in [1.54, 1.807) is 18.3 Å². The lowest BCUT2D eigenvalue weighted by atomic mass is 9.89. The molecule has 5 aromatic carbocycles. The first-order chi connectivity index (χ1) is 29.1. The van der Waals surface area contributed by atoms with Gasteiger partial charge >= 0.3 is 5.97 Å². The molecule has 2 aliphatic rings. The van der Waals surface area contributed by atoms with Crippen LogP contribution in [0.2, 0.25) is 10.0 Å². The molecule has 2 aliphatic heterocycles. The number of nitrogens with one attached hydrogen (secondary N) is 1. The Labute approximate surface area is 359 Å². The van der Waals surface area contributed by atoms with Crippen LogP contribution in [0, 0.1) is 6.92 Å². The second kappa shape index (κ2) is 18.2. The second-order valence-corrected chi connectivity index (χ2v) is 16.1. The van der Waals surface area contributed by atoms with E-state index in [-0.39, 0.29) is 24.5 Å². The highest BCUT2D eigenvalue weighted by molar-refractivity contribution is 6.42. The van der Waals surface area contributed by atoms with Crippen molar-refractivity contribution in [3.05, 3.63) is 177 Å². The topological polar surface area (TPSA) is 110 Å². The maximum Gasteiger partial charge on any atom is 0.326 e. The van der Waals surface area contributed by atoms with E-state index in [9.17, 15) is 14.7 Å². The van der Waals surface area contributed by atoms with Crippen LogP contribution in [0.5, 0.6) is 17.2 Å². The number of benzene rings is 5. The number of fused-ring (bicyclic) bond motifs is 2. The number of carboxylic acids is 1. The predicted molar refractivity (Wildman–Crippen MR) is 233 cm³/mol. The van der Waals surface area contributed by atoms with E-state index in [0.29, 0.717) is 53.5 Å². The molecule has 8 rings (SSSR count). The highest BCUT2D eigenvalue weighted by atomic mass is 35.5. The molecule has 2 N–H and O–H groups in total. The molecule has 6 aromatic rings. The van der Waals surface area contributed by atoms with Crippen molar-refractivity contribution in [1.29, 1.82) is 0 Å². The average Bonchev–Trinajstić information content (AvgIpc) is 3.26. The Bertz CT molecular complexity index is 2480. The second-order valence-electron chi connectivity index (χ2n) is 15.3. The Morgan fingerprint density at radius 2 is 1.62 bits per heavy atom. The van der Waals surface area contributed by atoms with E-state index >= 15 is 0 Å². The molecular weight excluding hydrogens is 797 g/mol. The van der Waals surface area contributed by atoms with Crippen molar-refractivity contribution in [2.24, 2.45) is 0 Å². The lowest BCUT2D eigenvalue weighted by molar-refractivity contribution is -0.143. The Morgan fingerprint density at radius 1 is 0.867 bits per heavy atom. The summed E-state index contributed by atoms with van der Waals surface area (Å²) in [5.41, 5.74) is 8.71. The summed E-state index contributed by atoms with van der Waals surface area (Å²) in [5, 5.41) is 14.3. The van der Waals surface area contributed by atoms with E-state index in [1.807, 2.05) is 104 Å². The molecule has 0 spiro atoms. The number of aryl methyl sites for hydroxylation is 1. The standard InChI is InChI=1S/C49H45Cl2N3O6/c1-3-43(34-7-5-4-6-8-34)54-27-38-26-46-45(59-29-47(60-46)35-14-16-39(17-15-35)58-28-32-11-18-40(50)41(51)22-32)25-37(38)24-44(54)48(55)53-42(49(56)57)23-31-9-12-33(13-10-31)36-19-20-52-30(2)21-36/h4-22,25-26,42-44,47H,3,23-24,27-29H2,1-2H3,(H,53,55)(H,56,57). The van der Waals surface area contributed by atoms with Crippen molar-refractivity contribution < 1.29 is 28.9 Å². The van der Waals surface area contributed by atoms with Gasteiger partial charge in [0.15, 0.2) is 17.6 Å². The van der Waals surface area contributed by atoms with Gasteiger partial charge in [0, 0.05) is 30.9 Å². The number of hydrogen-bond donors (Lipinski definition) is 2. The fourth-order valence-corrected chi connectivity index (χ4v) is 8.40. The maximum atomic E-state index is 14.4. The molecule has 1 aromatic heterocycles. The van der Waals surface area contributed by atoms with Crippen molar-refractivity contribution in [2.45, 2.75) is 70.5 Å². The fraction of sp³-hybridized carbons (Fsp3) is 0.245. The number of hydrogen-bond acceptors (Lipinski definition) is 7. The Morgan fingerprint density at radius 3 is 2.33 bits per heavy atom. The normalized spacial score (nSPS) is 16.9. The number of halogens is 2. The van der Waals surface area contributed by atoms with Crippen LogP contribution >= 0.6 is 23.2 Å². The SMILES string of the molecule is CCC(c1ccccc1)N1Cc2cc3c(cc2CC1C(=O)NC(Cc1ccc(-c2ccnc(C)c2)cc1)C(=O)O)OCC(c1ccc(OCc2ccc(Cl)c(Cl)c2)cc1)O3. The third-order valence-electron chi connectivity index (χ3n) is 11.2. The van der Waals surface area contributed by atoms with Gasteiger partial charge in [0.2, 0.25) is 5.91 Å². The average molecular weight is 843 g/mol. The Hall–Kier alpha value is -5.87. The largest absolute Gasteiger partial charge is 0.489 e. The summed E-state index contributed by atoms with van der Waals surface area (Å²) >= 11 is 12.2. The number of amides is 1. The molecule has 4 unspecified atom stereocenters. The summed E-state index contributed by atoms with van der Waals surface area (Å²) < 4.78 is 18.9. The smallest absolute Gasteiger partial charge is 0.326 e. The minimum Gasteiger partial charge on any atom is -0.489 e. The molecule has 0 saturated carbocycles. The van der Waals surface area contributed by atoms with Crippen LogP contribution < -0.4 is 19.5 Å². The Balaban J connectivity index is 0.991. The Kier molecular flexibility index (Phi) is 12.4. The molecule has 1 amide bonds. The number of carbonyl (C=O) groups excluding carboxylic acids is 1. The van der Waals surface area contributed by atoms with Gasteiger partial charge in [-0.1, -0.05) is 103 Å². The molecule has 11 heteroatoms. The van der Waals surface area contributed by atoms with Gasteiger partial charge < -0.3 is 24.6 Å². The van der Waals surface area contributed by atoms with E-state index in [1.165, 1.54) is 0 Å². The van der Waals surface area contributed by atoms with Gasteiger partial charge in [0.05, 0.1) is 16.1 Å². The summed E-state index contributed by atoms with van der Waals surface area (Å²) in [6.45, 7) is 5.17. The number of nitrogens with zero attached hydrogens (tertiary/aromatic N) is 2. The van der Waals surface area contributed by atoms with E-state index < -0.39 is 18.1 Å². The summed E-state index contributed by atoms with van der Waals surface area (Å²) in [6, 6.07) is 37.2. The number of ether oxygens (including phenoxy) is 3. The summed E-state index contributed by atoms with van der Waals surface area (Å²) in [7, 11) is 0. The molecule has 0 radical (unpaired) electrons. The van der Waals surface area contributed by atoms with Crippen LogP contribution in [0.15, 0.2) is 128 Å². The van der Waals surface area contributed by atoms with Crippen LogP contribution in [0.1, 0.15) is 64.6 Å². The molecular formula is C49H45Cl2N3O6. The number of rotatable bonds is 13. The molecule has 0 fully saturated rings. The zero-order chi connectivity index (χ0) is 41.8. The first-order valence-corrected chi connectivity index (χ1v) is 20.8. The molecule has 60 heavy (non-hydrogen) atoms. The van der Waals surface area contributed by atoms with Gasteiger partial charge in [-0.2, -0.15) is 0 Å². The van der Waals surface area contributed by atoms with Gasteiger partial charge in [-0.25, -0.2) is 4.79 Å². The fourth-order valence-electron chi connectivity index (χ4n) is 8.08. The highest BCUT2D eigenvalue weighted by Crippen LogP contribution is 2.42. The summed E-state index contributed by atoms with van der Waals surface area (Å²) in [4.78, 5) is 33.5. The third kappa shape index (κ3) is 9.29. The lowest BCUT2D eigenvalue weighted by Gasteiger charge is -2.42. The van der Waals surface area contributed by atoms with E-state index in [2.05, 4.69) is 34.3 Å². The van der Waals surface area contributed by atoms with Gasteiger partial charge in [0.25, 0.3) is 0 Å². The van der Waals surface area contributed by atoms with Crippen molar-refractivity contribution in [3.63, 3.8) is 0 Å². The number of carboxylic acid groups (broad SMARTS) is 1. The van der Waals surface area contributed by atoms with E-state index in [4.69, 9.17) is 37.4 Å². The third-order valence-corrected chi connectivity index (χ3v) is 12.0. The van der Waals surface area contributed by atoms with Crippen LogP contribution in [0.25, 0.3) is 11.1 Å². The summed E-state index contributed by atoms with van der Waals surface area (Å²) in [5.74, 6) is 0.541. The molecule has 3 heterocycles. The van der Waals surface area contributed by atoms with Crippen LogP contribution in [0.3, 0.4) is 0 Å². The van der Waals surface area contributed by atoms with Crippen molar-refractivity contribution in [1.82, 2.24) is 15.2 Å². The first-order valence-electron chi connectivity index (χ1n) is 20.1. The van der Waals surface area contributed by atoms with Crippen LogP contribution in [0.4, 0.5) is 0 Å². The quantitative estimate of drug-likeness (QED) is 0.118. The zero-order valence-electron chi connectivity index (χ0n) is 33.3. The molecule has 9 nitrogen and oxygen atoms in total. The minimum atomic E-state index is -1.12. The van der Waals surface area contributed by atoms with Crippen LogP contribution in [-0.2, 0) is 35.6 Å². The number of aromatic nitrogens is 1. The molecule has 0 saturated heterocycles. The van der Waals surface area contributed by atoms with Gasteiger partial charge in [0.1, 0.15) is 25.0 Å². The van der Waals surface area contributed by atoms with Crippen molar-refractivity contribution in [3.8, 4) is 28.4 Å². The van der Waals surface area contributed by atoms with Gasteiger partial charge in [-0.3, -0.25) is 14.7 Å². The van der Waals surface area contributed by atoms with Crippen molar-refractivity contribution >= 4 is 35.1 Å². The van der Waals surface area contributed by atoms with Gasteiger partial charge in [-0.05, 0) is 113 Å². The number of aliphatic carboxylic acids is 1. The van der Waals surface area contributed by atoms with Crippen molar-refractivity contribution in [2.75, 3.05) is 6.61 Å². The highest BCUT2D eigenvalue weighted by Gasteiger charge is 2.38. The van der Waals surface area contributed by atoms with E-state index in [0.717, 1.165) is 56.6 Å². The molecule has 0 aliphatic carbocycles. The van der Waals surface area contributed by atoms with Gasteiger partial charge in [-0.15, -0.1) is 0 Å². The van der Waals surface area contributed by atoms with Crippen LogP contribution in [-0.4, -0.2) is 45.6 Å². The minimum absolute atomic E-state index is 0.0962. The number of pyridine rings is 1. The predicted octanol–water partition coefficient (Wildman–Crippen LogP) is 10.1. The number of carbonyl (C=O) groups is 2. The first kappa shape index (κ1) is 40.9. The monoisotopic (exact) mass is 841 g/mol. The zero-order valence-corrected chi connectivity index (χ0v) is 34.8. The molecule has 4 atom stereocenters.